The predicted octanol–water partition coefficient (Wildman–Crippen LogP) is 3.68. The lowest BCUT2D eigenvalue weighted by molar-refractivity contribution is -0.138. The number of rotatable bonds is 3. The van der Waals surface area contributed by atoms with Crippen LogP contribution in [0.1, 0.15) is 31.4 Å². The summed E-state index contributed by atoms with van der Waals surface area (Å²) >= 11 is 5.64. The van der Waals surface area contributed by atoms with E-state index in [4.69, 9.17) is 16.7 Å². The van der Waals surface area contributed by atoms with Crippen molar-refractivity contribution in [1.82, 2.24) is 0 Å². The molecule has 0 aliphatic rings. The van der Waals surface area contributed by atoms with Crippen molar-refractivity contribution in [2.24, 2.45) is 0 Å². The van der Waals surface area contributed by atoms with Gasteiger partial charge in [-0.2, -0.15) is 0 Å². The molecule has 0 amide bonds. The maximum absolute atomic E-state index is 13.9. The highest BCUT2D eigenvalue weighted by Gasteiger charge is 2.32. The zero-order valence-corrected chi connectivity index (χ0v) is 10.5. The average molecular weight is 263 g/mol. The summed E-state index contributed by atoms with van der Waals surface area (Å²) < 4.78 is 27.7. The zero-order valence-electron chi connectivity index (χ0n) is 9.77. The molecule has 1 aromatic rings. The van der Waals surface area contributed by atoms with Crippen molar-refractivity contribution in [2.45, 2.75) is 32.6 Å². The van der Waals surface area contributed by atoms with Gasteiger partial charge in [0.1, 0.15) is 11.6 Å². The molecule has 0 radical (unpaired) electrons. The molecular weight excluding hydrogens is 250 g/mol. The summed E-state index contributed by atoms with van der Waals surface area (Å²) in [5, 5.41) is 8.56. The quantitative estimate of drug-likeness (QED) is 0.844. The number of halogens is 3. The first-order chi connectivity index (χ1) is 7.66. The number of benzene rings is 1. The van der Waals surface area contributed by atoms with E-state index in [1.807, 2.05) is 0 Å². The smallest absolute Gasteiger partial charge is 0.304 e. The Morgan fingerprint density at radius 3 is 2.41 bits per heavy atom. The summed E-state index contributed by atoms with van der Waals surface area (Å²) in [6.07, 6.45) is -0.374. The van der Waals surface area contributed by atoms with Crippen LogP contribution >= 0.6 is 11.6 Å². The molecule has 0 saturated heterocycles. The lowest BCUT2D eigenvalue weighted by Crippen LogP contribution is -2.25. The van der Waals surface area contributed by atoms with E-state index in [2.05, 4.69) is 0 Å². The number of carboxylic acid groups (broad SMARTS) is 1. The third kappa shape index (κ3) is 2.75. The van der Waals surface area contributed by atoms with Gasteiger partial charge in [-0.25, -0.2) is 8.78 Å². The molecule has 1 aromatic carbocycles. The van der Waals surface area contributed by atoms with Crippen LogP contribution in [-0.2, 0) is 10.2 Å². The highest BCUT2D eigenvalue weighted by atomic mass is 35.5. The molecule has 0 bridgehead atoms. The van der Waals surface area contributed by atoms with Crippen LogP contribution in [0.3, 0.4) is 0 Å². The Labute approximate surface area is 103 Å². The highest BCUT2D eigenvalue weighted by molar-refractivity contribution is 6.30. The van der Waals surface area contributed by atoms with E-state index in [0.717, 1.165) is 0 Å². The molecule has 1 rings (SSSR count). The van der Waals surface area contributed by atoms with Gasteiger partial charge in [-0.1, -0.05) is 25.4 Å². The number of aliphatic carboxylic acids is 1. The second-order valence-electron chi connectivity index (χ2n) is 4.63. The first-order valence-corrected chi connectivity index (χ1v) is 5.41. The SMILES string of the molecule is Cc1cc(Cl)c(F)c(C(C)(C)CC(=O)O)c1F. The molecule has 0 spiro atoms. The number of aryl methyl sites for hydroxylation is 1. The fraction of sp³-hybridized carbons (Fsp3) is 0.417. The molecule has 0 unspecified atom stereocenters. The van der Waals surface area contributed by atoms with Gasteiger partial charge >= 0.3 is 5.97 Å². The fourth-order valence-electron chi connectivity index (χ4n) is 1.79. The van der Waals surface area contributed by atoms with Gasteiger partial charge in [0.2, 0.25) is 0 Å². The van der Waals surface area contributed by atoms with E-state index in [0.29, 0.717) is 0 Å². The molecule has 0 saturated carbocycles. The molecule has 5 heteroatoms. The van der Waals surface area contributed by atoms with E-state index in [-0.39, 0.29) is 22.6 Å². The molecule has 0 atom stereocenters. The van der Waals surface area contributed by atoms with Crippen molar-refractivity contribution in [1.29, 1.82) is 0 Å². The zero-order chi connectivity index (χ0) is 13.4. The van der Waals surface area contributed by atoms with Crippen LogP contribution in [0.2, 0.25) is 5.02 Å². The van der Waals surface area contributed by atoms with Gasteiger partial charge in [0.05, 0.1) is 11.4 Å². The Hall–Kier alpha value is -1.16. The second kappa shape index (κ2) is 4.61. The van der Waals surface area contributed by atoms with E-state index < -0.39 is 23.0 Å². The average Bonchev–Trinajstić information content (AvgIpc) is 2.12. The van der Waals surface area contributed by atoms with Crippen LogP contribution in [0.25, 0.3) is 0 Å². The van der Waals surface area contributed by atoms with Crippen LogP contribution in [0, 0.1) is 18.6 Å². The topological polar surface area (TPSA) is 37.3 Å². The molecule has 0 aliphatic heterocycles. The lowest BCUT2D eigenvalue weighted by atomic mass is 9.80. The van der Waals surface area contributed by atoms with Crippen molar-refractivity contribution in [3.05, 3.63) is 33.9 Å². The maximum atomic E-state index is 13.9. The molecule has 0 heterocycles. The minimum Gasteiger partial charge on any atom is -0.481 e. The second-order valence-corrected chi connectivity index (χ2v) is 5.04. The standard InChI is InChI=1S/C12H13ClF2O2/c1-6-4-7(13)11(15)9(10(6)14)12(2,3)5-8(16)17/h4H,5H2,1-3H3,(H,16,17). The number of carbonyl (C=O) groups is 1. The third-order valence-corrected chi connectivity index (χ3v) is 2.88. The van der Waals surface area contributed by atoms with E-state index in [1.165, 1.54) is 26.8 Å². The lowest BCUT2D eigenvalue weighted by Gasteiger charge is -2.25. The van der Waals surface area contributed by atoms with Gasteiger partial charge in [-0.3, -0.25) is 4.79 Å². The van der Waals surface area contributed by atoms with E-state index in [1.54, 1.807) is 0 Å². The molecule has 17 heavy (non-hydrogen) atoms. The van der Waals surface area contributed by atoms with Crippen molar-refractivity contribution < 1.29 is 18.7 Å². The highest BCUT2D eigenvalue weighted by Crippen LogP contribution is 2.35. The Balaban J connectivity index is 3.44. The number of hydrogen-bond acceptors (Lipinski definition) is 1. The molecule has 1 N–H and O–H groups in total. The Bertz CT molecular complexity index is 444. The Kier molecular flexibility index (Phi) is 3.77. The largest absolute Gasteiger partial charge is 0.481 e. The summed E-state index contributed by atoms with van der Waals surface area (Å²) in [4.78, 5) is 10.7. The Morgan fingerprint density at radius 2 is 1.94 bits per heavy atom. The van der Waals surface area contributed by atoms with Gasteiger partial charge < -0.3 is 5.11 Å². The summed E-state index contributed by atoms with van der Waals surface area (Å²) in [5.41, 5.74) is -1.23. The van der Waals surface area contributed by atoms with Crippen LogP contribution in [-0.4, -0.2) is 11.1 Å². The normalized spacial score (nSPS) is 11.6. The monoisotopic (exact) mass is 262 g/mol. The van der Waals surface area contributed by atoms with Gasteiger partial charge in [-0.15, -0.1) is 0 Å². The van der Waals surface area contributed by atoms with Crippen LogP contribution in [0.4, 0.5) is 8.78 Å². The van der Waals surface area contributed by atoms with E-state index in [9.17, 15) is 13.6 Å². The van der Waals surface area contributed by atoms with Gasteiger partial charge in [0.25, 0.3) is 0 Å². The molecule has 0 aliphatic carbocycles. The number of hydrogen-bond donors (Lipinski definition) is 1. The minimum atomic E-state index is -1.16. The molecule has 0 fully saturated rings. The van der Waals surface area contributed by atoms with E-state index >= 15 is 0 Å². The van der Waals surface area contributed by atoms with Crippen molar-refractivity contribution in [3.8, 4) is 0 Å². The first kappa shape index (κ1) is 13.9. The van der Waals surface area contributed by atoms with Gasteiger partial charge in [0, 0.05) is 11.0 Å². The molecule has 94 valence electrons. The summed E-state index contributed by atoms with van der Waals surface area (Å²) in [6.45, 7) is 4.40. The molecular formula is C12H13ClF2O2. The van der Waals surface area contributed by atoms with Crippen LogP contribution < -0.4 is 0 Å². The minimum absolute atomic E-state index is 0.197. The predicted molar refractivity (Wildman–Crippen MR) is 61.4 cm³/mol. The Morgan fingerprint density at radius 1 is 1.41 bits per heavy atom. The van der Waals surface area contributed by atoms with Crippen molar-refractivity contribution in [2.75, 3.05) is 0 Å². The van der Waals surface area contributed by atoms with Crippen molar-refractivity contribution in [3.63, 3.8) is 0 Å². The summed E-state index contributed by atoms with van der Waals surface area (Å²) in [6, 6.07) is 1.19. The first-order valence-electron chi connectivity index (χ1n) is 5.03. The van der Waals surface area contributed by atoms with Crippen LogP contribution in [0.5, 0.6) is 0 Å². The van der Waals surface area contributed by atoms with Gasteiger partial charge in [-0.05, 0) is 18.6 Å². The maximum Gasteiger partial charge on any atom is 0.304 e. The van der Waals surface area contributed by atoms with Gasteiger partial charge in [0.15, 0.2) is 0 Å². The van der Waals surface area contributed by atoms with Crippen LogP contribution in [0.15, 0.2) is 6.07 Å². The molecule has 0 aromatic heterocycles. The fourth-order valence-corrected chi connectivity index (χ4v) is 2.05. The summed E-state index contributed by atoms with van der Waals surface area (Å²) in [5.74, 6) is -2.74. The van der Waals surface area contributed by atoms with Crippen molar-refractivity contribution >= 4 is 17.6 Å². The summed E-state index contributed by atoms with van der Waals surface area (Å²) in [7, 11) is 0. The number of carboxylic acids is 1. The third-order valence-electron chi connectivity index (χ3n) is 2.61. The molecule has 2 nitrogen and oxygen atoms in total.